The van der Waals surface area contributed by atoms with E-state index in [0.29, 0.717) is 40.6 Å². The molecule has 32 heavy (non-hydrogen) atoms. The normalized spacial score (nSPS) is 14.2. The van der Waals surface area contributed by atoms with E-state index in [2.05, 4.69) is 21.3 Å². The summed E-state index contributed by atoms with van der Waals surface area (Å²) in [6.45, 7) is 6.45. The second-order valence-electron chi connectivity index (χ2n) is 7.61. The van der Waals surface area contributed by atoms with Gasteiger partial charge in [0.2, 0.25) is 0 Å². The molecule has 4 rings (SSSR count). The second kappa shape index (κ2) is 9.73. The van der Waals surface area contributed by atoms with Crippen LogP contribution >= 0.6 is 0 Å². The van der Waals surface area contributed by atoms with E-state index in [4.69, 9.17) is 14.2 Å². The first-order valence-corrected chi connectivity index (χ1v) is 10.5. The molecule has 1 saturated heterocycles. The summed E-state index contributed by atoms with van der Waals surface area (Å²) >= 11 is 0. The lowest BCUT2D eigenvalue weighted by Gasteiger charge is -2.26. The van der Waals surface area contributed by atoms with Gasteiger partial charge in [-0.25, -0.2) is 0 Å². The van der Waals surface area contributed by atoms with Crippen LogP contribution in [0.1, 0.15) is 11.1 Å². The SMILES string of the molecule is COc1cc2c(Nc3ccc(C)c(O)c3)c(C#N)cnc2cc1OCCN1CCOCC1. The first kappa shape index (κ1) is 21.7. The van der Waals surface area contributed by atoms with Crippen molar-refractivity contribution in [2.24, 2.45) is 0 Å². The van der Waals surface area contributed by atoms with E-state index in [1.165, 1.54) is 6.20 Å². The number of ether oxygens (including phenoxy) is 3. The summed E-state index contributed by atoms with van der Waals surface area (Å²) in [5.41, 5.74) is 3.10. The number of nitriles is 1. The van der Waals surface area contributed by atoms with Gasteiger partial charge in [0.25, 0.3) is 0 Å². The summed E-state index contributed by atoms with van der Waals surface area (Å²) < 4.78 is 17.0. The van der Waals surface area contributed by atoms with Gasteiger partial charge in [0.15, 0.2) is 11.5 Å². The standard InChI is InChI=1S/C24H26N4O4/c1-16-3-4-18(11-21(16)29)27-24-17(14-25)15-26-20-13-23(22(30-2)12-19(20)24)32-10-7-28-5-8-31-9-6-28/h3-4,11-13,15,29H,5-10H2,1-2H3,(H,26,27). The summed E-state index contributed by atoms with van der Waals surface area (Å²) in [7, 11) is 1.59. The molecule has 0 unspecified atom stereocenters. The molecule has 0 atom stereocenters. The summed E-state index contributed by atoms with van der Waals surface area (Å²) in [5, 5.41) is 23.7. The van der Waals surface area contributed by atoms with Crippen molar-refractivity contribution in [1.82, 2.24) is 9.88 Å². The summed E-state index contributed by atoms with van der Waals surface area (Å²) in [6.07, 6.45) is 1.53. The van der Waals surface area contributed by atoms with Crippen LogP contribution < -0.4 is 14.8 Å². The molecular formula is C24H26N4O4. The molecule has 1 aromatic heterocycles. The Morgan fingerprint density at radius 2 is 2.03 bits per heavy atom. The van der Waals surface area contributed by atoms with E-state index in [9.17, 15) is 10.4 Å². The van der Waals surface area contributed by atoms with Crippen molar-refractivity contribution < 1.29 is 19.3 Å². The molecule has 0 aliphatic carbocycles. The highest BCUT2D eigenvalue weighted by molar-refractivity contribution is 5.97. The quantitative estimate of drug-likeness (QED) is 0.582. The average Bonchev–Trinajstić information content (AvgIpc) is 2.82. The number of phenolic OH excluding ortho intramolecular Hbond substituents is 1. The maximum absolute atomic E-state index is 10.0. The van der Waals surface area contributed by atoms with Gasteiger partial charge in [-0.15, -0.1) is 0 Å². The fourth-order valence-corrected chi connectivity index (χ4v) is 3.63. The van der Waals surface area contributed by atoms with Gasteiger partial charge < -0.3 is 24.6 Å². The summed E-state index contributed by atoms with van der Waals surface area (Å²) in [4.78, 5) is 6.74. The highest BCUT2D eigenvalue weighted by atomic mass is 16.5. The number of anilines is 2. The molecule has 0 bridgehead atoms. The molecule has 1 aliphatic heterocycles. The molecule has 2 N–H and O–H groups in total. The Balaban J connectivity index is 1.63. The molecule has 0 spiro atoms. The number of benzene rings is 2. The molecule has 3 aromatic rings. The van der Waals surface area contributed by atoms with Gasteiger partial charge >= 0.3 is 0 Å². The Bertz CT molecular complexity index is 1150. The van der Waals surface area contributed by atoms with E-state index in [-0.39, 0.29) is 5.75 Å². The number of aryl methyl sites for hydroxylation is 1. The average molecular weight is 434 g/mol. The summed E-state index contributed by atoms with van der Waals surface area (Å²) in [6, 6.07) is 11.1. The monoisotopic (exact) mass is 434 g/mol. The van der Waals surface area contributed by atoms with Gasteiger partial charge in [-0.3, -0.25) is 9.88 Å². The largest absolute Gasteiger partial charge is 0.508 e. The predicted octanol–water partition coefficient (Wildman–Crippen LogP) is 3.58. The molecule has 2 heterocycles. The lowest BCUT2D eigenvalue weighted by molar-refractivity contribution is 0.0321. The summed E-state index contributed by atoms with van der Waals surface area (Å²) in [5.74, 6) is 1.34. The third-order valence-electron chi connectivity index (χ3n) is 5.52. The Kier molecular flexibility index (Phi) is 6.59. The zero-order chi connectivity index (χ0) is 22.5. The number of fused-ring (bicyclic) bond motifs is 1. The molecule has 0 saturated carbocycles. The van der Waals surface area contributed by atoms with Crippen LogP contribution in [-0.4, -0.2) is 61.6 Å². The Labute approximate surface area is 187 Å². The molecule has 0 amide bonds. The van der Waals surface area contributed by atoms with Gasteiger partial charge in [-0.2, -0.15) is 5.26 Å². The maximum Gasteiger partial charge on any atom is 0.163 e. The van der Waals surface area contributed by atoms with Crippen molar-refractivity contribution in [3.8, 4) is 23.3 Å². The molecular weight excluding hydrogens is 408 g/mol. The fraction of sp³-hybridized carbons (Fsp3) is 0.333. The number of aromatic nitrogens is 1. The lowest BCUT2D eigenvalue weighted by Crippen LogP contribution is -2.38. The van der Waals surface area contributed by atoms with E-state index >= 15 is 0 Å². The minimum atomic E-state index is 0.181. The van der Waals surface area contributed by atoms with Crippen molar-refractivity contribution in [3.05, 3.63) is 47.7 Å². The highest BCUT2D eigenvalue weighted by Gasteiger charge is 2.16. The minimum Gasteiger partial charge on any atom is -0.508 e. The lowest BCUT2D eigenvalue weighted by atomic mass is 10.1. The zero-order valence-corrected chi connectivity index (χ0v) is 18.2. The van der Waals surface area contributed by atoms with E-state index in [0.717, 1.165) is 43.8 Å². The number of morpholine rings is 1. The third-order valence-corrected chi connectivity index (χ3v) is 5.52. The van der Waals surface area contributed by atoms with E-state index < -0.39 is 0 Å². The van der Waals surface area contributed by atoms with Crippen molar-refractivity contribution in [2.75, 3.05) is 51.9 Å². The number of rotatable bonds is 7. The molecule has 1 aliphatic rings. The van der Waals surface area contributed by atoms with E-state index in [1.54, 1.807) is 13.2 Å². The molecule has 2 aromatic carbocycles. The Morgan fingerprint density at radius 1 is 1.22 bits per heavy atom. The number of hydrogen-bond acceptors (Lipinski definition) is 8. The molecule has 8 heteroatoms. The first-order valence-electron chi connectivity index (χ1n) is 10.5. The minimum absolute atomic E-state index is 0.181. The van der Waals surface area contributed by atoms with Crippen LogP contribution in [0, 0.1) is 18.3 Å². The number of aromatic hydroxyl groups is 1. The first-order chi connectivity index (χ1) is 15.6. The van der Waals surface area contributed by atoms with Crippen molar-refractivity contribution in [1.29, 1.82) is 5.26 Å². The molecule has 166 valence electrons. The number of nitrogens with zero attached hydrogens (tertiary/aromatic N) is 3. The number of nitrogens with one attached hydrogen (secondary N) is 1. The van der Waals surface area contributed by atoms with Crippen LogP contribution in [0.5, 0.6) is 17.2 Å². The van der Waals surface area contributed by atoms with Crippen LogP contribution in [0.15, 0.2) is 36.5 Å². The third kappa shape index (κ3) is 4.69. The van der Waals surface area contributed by atoms with Gasteiger partial charge in [-0.1, -0.05) is 6.07 Å². The molecule has 1 fully saturated rings. The van der Waals surface area contributed by atoms with Crippen LogP contribution in [0.4, 0.5) is 11.4 Å². The van der Waals surface area contributed by atoms with Gasteiger partial charge in [0.1, 0.15) is 18.4 Å². The Hall–Kier alpha value is -3.54. The van der Waals surface area contributed by atoms with Crippen molar-refractivity contribution >= 4 is 22.3 Å². The predicted molar refractivity (Wildman–Crippen MR) is 122 cm³/mol. The van der Waals surface area contributed by atoms with Crippen molar-refractivity contribution in [3.63, 3.8) is 0 Å². The van der Waals surface area contributed by atoms with E-state index in [1.807, 2.05) is 31.2 Å². The number of pyridine rings is 1. The van der Waals surface area contributed by atoms with Gasteiger partial charge in [0.05, 0.1) is 37.1 Å². The zero-order valence-electron chi connectivity index (χ0n) is 18.2. The number of phenols is 1. The topological polar surface area (TPSA) is 99.9 Å². The van der Waals surface area contributed by atoms with Gasteiger partial charge in [-0.05, 0) is 24.6 Å². The van der Waals surface area contributed by atoms with Crippen LogP contribution in [0.3, 0.4) is 0 Å². The molecule has 0 radical (unpaired) electrons. The number of hydrogen-bond donors (Lipinski definition) is 2. The highest BCUT2D eigenvalue weighted by Crippen LogP contribution is 2.37. The maximum atomic E-state index is 10.0. The second-order valence-corrected chi connectivity index (χ2v) is 7.61. The van der Waals surface area contributed by atoms with Crippen LogP contribution in [0.25, 0.3) is 10.9 Å². The Morgan fingerprint density at radius 3 is 2.75 bits per heavy atom. The van der Waals surface area contributed by atoms with Gasteiger partial charge in [0, 0.05) is 49.0 Å². The van der Waals surface area contributed by atoms with Crippen LogP contribution in [0.2, 0.25) is 0 Å². The number of methoxy groups -OCH3 is 1. The smallest absolute Gasteiger partial charge is 0.163 e. The molecule has 8 nitrogen and oxygen atoms in total. The van der Waals surface area contributed by atoms with Crippen LogP contribution in [-0.2, 0) is 4.74 Å². The van der Waals surface area contributed by atoms with Crippen molar-refractivity contribution in [2.45, 2.75) is 6.92 Å². The fourth-order valence-electron chi connectivity index (χ4n) is 3.63.